The molecule has 5 nitrogen and oxygen atoms in total. The van der Waals surface area contributed by atoms with Crippen LogP contribution in [0.3, 0.4) is 0 Å². The molecule has 1 atom stereocenters. The molecule has 5 heteroatoms. The van der Waals surface area contributed by atoms with Gasteiger partial charge < -0.3 is 16.0 Å². The average molecular weight is 235 g/mol. The van der Waals surface area contributed by atoms with E-state index in [4.69, 9.17) is 0 Å². The molecule has 0 amide bonds. The van der Waals surface area contributed by atoms with Crippen LogP contribution in [0.25, 0.3) is 0 Å². The molecule has 3 rings (SSSR count). The van der Waals surface area contributed by atoms with Crippen LogP contribution in [0.5, 0.6) is 0 Å². The van der Waals surface area contributed by atoms with Crippen molar-refractivity contribution in [2.45, 2.75) is 19.4 Å². The topological polar surface area (TPSA) is 53.9 Å². The van der Waals surface area contributed by atoms with Gasteiger partial charge in [0.25, 0.3) is 0 Å². The van der Waals surface area contributed by atoms with Crippen molar-refractivity contribution in [3.63, 3.8) is 0 Å². The van der Waals surface area contributed by atoms with Crippen LogP contribution in [-0.2, 0) is 0 Å². The minimum atomic E-state index is 0.382. The second kappa shape index (κ2) is 4.31. The molecule has 3 N–H and O–H groups in total. The summed E-state index contributed by atoms with van der Waals surface area (Å²) in [5.41, 5.74) is 0.382. The van der Waals surface area contributed by atoms with E-state index in [2.05, 4.69) is 38.7 Å². The summed E-state index contributed by atoms with van der Waals surface area (Å²) in [6, 6.07) is 2.60. The Morgan fingerprint density at radius 1 is 1.53 bits per heavy atom. The van der Waals surface area contributed by atoms with Crippen molar-refractivity contribution in [1.29, 1.82) is 0 Å². The van der Waals surface area contributed by atoms with Gasteiger partial charge in [0.1, 0.15) is 5.82 Å². The van der Waals surface area contributed by atoms with Crippen molar-refractivity contribution < 1.29 is 0 Å². The fraction of sp³-hybridized carbons (Fsp3) is 0.750. The Hall–Kier alpha value is -1.07. The first kappa shape index (κ1) is 11.0. The number of hydrogen-bond acceptors (Lipinski definition) is 4. The zero-order valence-corrected chi connectivity index (χ0v) is 10.4. The summed E-state index contributed by atoms with van der Waals surface area (Å²) in [6.07, 6.45) is 3.13. The van der Waals surface area contributed by atoms with Crippen LogP contribution < -0.4 is 16.0 Å². The van der Waals surface area contributed by atoms with Crippen LogP contribution in [0.4, 0.5) is 5.82 Å². The van der Waals surface area contributed by atoms with Gasteiger partial charge in [0.15, 0.2) is 0 Å². The predicted octanol–water partition coefficient (Wildman–Crippen LogP) is 0.439. The van der Waals surface area contributed by atoms with Gasteiger partial charge in [-0.25, -0.2) is 4.68 Å². The molecule has 3 heterocycles. The van der Waals surface area contributed by atoms with Crippen molar-refractivity contribution in [3.8, 4) is 0 Å². The number of rotatable bonds is 4. The second-order valence-electron chi connectivity index (χ2n) is 5.56. The number of nitrogens with one attached hydrogen (secondary N) is 3. The van der Waals surface area contributed by atoms with E-state index in [0.29, 0.717) is 11.5 Å². The fourth-order valence-corrected chi connectivity index (χ4v) is 2.52. The summed E-state index contributed by atoms with van der Waals surface area (Å²) in [6.45, 7) is 7.69. The summed E-state index contributed by atoms with van der Waals surface area (Å²) in [5.74, 6) is 1.16. The Balaban J connectivity index is 1.62. The molecule has 2 fully saturated rings. The molecule has 0 bridgehead atoms. The first-order chi connectivity index (χ1) is 8.27. The highest BCUT2D eigenvalue weighted by atomic mass is 15.4. The smallest absolute Gasteiger partial charge is 0.124 e. The summed E-state index contributed by atoms with van der Waals surface area (Å²) >= 11 is 0. The molecule has 0 radical (unpaired) electrons. The molecule has 0 saturated carbocycles. The Labute approximate surface area is 102 Å². The van der Waals surface area contributed by atoms with Gasteiger partial charge >= 0.3 is 0 Å². The molecule has 1 aromatic heterocycles. The molecule has 1 aromatic rings. The maximum atomic E-state index is 4.40. The SMILES string of the molecule is CC1(CNc2ccnn2C2CNC2)CCNC1. The zero-order chi connectivity index (χ0) is 11.7. The molecular weight excluding hydrogens is 214 g/mol. The maximum absolute atomic E-state index is 4.40. The summed E-state index contributed by atoms with van der Waals surface area (Å²) in [4.78, 5) is 0. The van der Waals surface area contributed by atoms with E-state index >= 15 is 0 Å². The van der Waals surface area contributed by atoms with Crippen LogP contribution in [0.1, 0.15) is 19.4 Å². The summed E-state index contributed by atoms with van der Waals surface area (Å²) < 4.78 is 2.11. The fourth-order valence-electron chi connectivity index (χ4n) is 2.52. The molecule has 2 aliphatic rings. The van der Waals surface area contributed by atoms with E-state index in [1.165, 1.54) is 6.42 Å². The number of hydrogen-bond donors (Lipinski definition) is 3. The van der Waals surface area contributed by atoms with Crippen LogP contribution in [0, 0.1) is 5.41 Å². The lowest BCUT2D eigenvalue weighted by molar-refractivity contribution is 0.319. The van der Waals surface area contributed by atoms with Crippen molar-refractivity contribution in [3.05, 3.63) is 12.3 Å². The van der Waals surface area contributed by atoms with Gasteiger partial charge in [-0.05, 0) is 18.4 Å². The summed E-state index contributed by atoms with van der Waals surface area (Å²) in [5, 5.41) is 14.7. The van der Waals surface area contributed by atoms with Gasteiger partial charge in [-0.2, -0.15) is 5.10 Å². The Morgan fingerprint density at radius 3 is 3.06 bits per heavy atom. The largest absolute Gasteiger partial charge is 0.370 e. The third-order valence-electron chi connectivity index (χ3n) is 3.93. The molecule has 2 saturated heterocycles. The minimum absolute atomic E-state index is 0.382. The highest BCUT2D eigenvalue weighted by Crippen LogP contribution is 2.25. The first-order valence-electron chi connectivity index (χ1n) is 6.46. The quantitative estimate of drug-likeness (QED) is 0.709. The highest BCUT2D eigenvalue weighted by Gasteiger charge is 2.29. The summed E-state index contributed by atoms with van der Waals surface area (Å²) in [7, 11) is 0. The molecule has 17 heavy (non-hydrogen) atoms. The Bertz CT molecular complexity index is 376. The van der Waals surface area contributed by atoms with Gasteiger partial charge in [-0.1, -0.05) is 6.92 Å². The molecule has 0 spiro atoms. The van der Waals surface area contributed by atoms with E-state index in [1.807, 2.05) is 6.20 Å². The zero-order valence-electron chi connectivity index (χ0n) is 10.4. The number of aromatic nitrogens is 2. The van der Waals surface area contributed by atoms with E-state index in [0.717, 1.165) is 38.5 Å². The molecule has 0 aliphatic carbocycles. The second-order valence-corrected chi connectivity index (χ2v) is 5.56. The molecule has 2 aliphatic heterocycles. The average Bonchev–Trinajstić information content (AvgIpc) is 2.83. The van der Waals surface area contributed by atoms with Gasteiger partial charge in [0, 0.05) is 32.2 Å². The van der Waals surface area contributed by atoms with Crippen LogP contribution >= 0.6 is 0 Å². The number of nitrogens with zero attached hydrogens (tertiary/aromatic N) is 2. The van der Waals surface area contributed by atoms with Gasteiger partial charge in [0.2, 0.25) is 0 Å². The lowest BCUT2D eigenvalue weighted by Gasteiger charge is -2.30. The van der Waals surface area contributed by atoms with Crippen molar-refractivity contribution in [2.24, 2.45) is 5.41 Å². The van der Waals surface area contributed by atoms with E-state index in [-0.39, 0.29) is 0 Å². The van der Waals surface area contributed by atoms with Crippen molar-refractivity contribution in [2.75, 3.05) is 38.0 Å². The monoisotopic (exact) mass is 235 g/mol. The van der Waals surface area contributed by atoms with Gasteiger partial charge in [-0.15, -0.1) is 0 Å². The van der Waals surface area contributed by atoms with E-state index in [1.54, 1.807) is 0 Å². The van der Waals surface area contributed by atoms with Crippen molar-refractivity contribution in [1.82, 2.24) is 20.4 Å². The Morgan fingerprint density at radius 2 is 2.41 bits per heavy atom. The van der Waals surface area contributed by atoms with Crippen LogP contribution in [0.15, 0.2) is 12.3 Å². The maximum Gasteiger partial charge on any atom is 0.124 e. The standard InChI is InChI=1S/C12H21N5/c1-12(3-5-13-8-12)9-15-11-2-4-16-17(11)10-6-14-7-10/h2,4,10,13-15H,3,5-9H2,1H3. The molecule has 1 unspecified atom stereocenters. The first-order valence-corrected chi connectivity index (χ1v) is 6.46. The van der Waals surface area contributed by atoms with Crippen LogP contribution in [-0.4, -0.2) is 42.5 Å². The van der Waals surface area contributed by atoms with Crippen LogP contribution in [0.2, 0.25) is 0 Å². The van der Waals surface area contributed by atoms with E-state index in [9.17, 15) is 0 Å². The van der Waals surface area contributed by atoms with Gasteiger partial charge in [-0.3, -0.25) is 0 Å². The minimum Gasteiger partial charge on any atom is -0.370 e. The lowest BCUT2D eigenvalue weighted by atomic mass is 9.90. The van der Waals surface area contributed by atoms with Gasteiger partial charge in [0.05, 0.1) is 12.2 Å². The van der Waals surface area contributed by atoms with E-state index < -0.39 is 0 Å². The van der Waals surface area contributed by atoms with Crippen molar-refractivity contribution >= 4 is 5.82 Å². The third-order valence-corrected chi connectivity index (χ3v) is 3.93. The third kappa shape index (κ3) is 2.17. The molecular formula is C12H21N5. The predicted molar refractivity (Wildman–Crippen MR) is 68.2 cm³/mol. The highest BCUT2D eigenvalue weighted by molar-refractivity contribution is 5.35. The lowest BCUT2D eigenvalue weighted by Crippen LogP contribution is -2.44. The normalized spacial score (nSPS) is 29.2. The molecule has 0 aromatic carbocycles. The number of anilines is 1. The molecule has 94 valence electrons. The Kier molecular flexibility index (Phi) is 2.80.